The fourth-order valence-electron chi connectivity index (χ4n) is 2.01. The summed E-state index contributed by atoms with van der Waals surface area (Å²) in [6.07, 6.45) is 2.72. The minimum atomic E-state index is -3.27. The van der Waals surface area contributed by atoms with Gasteiger partial charge in [-0.25, -0.2) is 8.42 Å². The summed E-state index contributed by atoms with van der Waals surface area (Å²) in [5.41, 5.74) is 1.78. The molecule has 0 unspecified atom stereocenters. The van der Waals surface area contributed by atoms with Crippen molar-refractivity contribution in [2.45, 2.75) is 18.4 Å². The van der Waals surface area contributed by atoms with Crippen molar-refractivity contribution in [1.29, 1.82) is 5.26 Å². The molecule has 0 aliphatic heterocycles. The molecule has 0 radical (unpaired) electrons. The van der Waals surface area contributed by atoms with Crippen LogP contribution in [0.1, 0.15) is 5.56 Å². The average molecular weight is 248 g/mol. The number of rotatable bonds is 2. The molecule has 2 rings (SSSR count). The van der Waals surface area contributed by atoms with Gasteiger partial charge in [-0.1, -0.05) is 18.2 Å². The van der Waals surface area contributed by atoms with Crippen LogP contribution in [0.3, 0.4) is 0 Å². The molecule has 4 nitrogen and oxygen atoms in total. The van der Waals surface area contributed by atoms with Crippen LogP contribution in [0.4, 0.5) is 0 Å². The lowest BCUT2D eigenvalue weighted by Gasteiger charge is -2.01. The first-order valence-corrected chi connectivity index (χ1v) is 7.00. The zero-order chi connectivity index (χ0) is 12.6. The van der Waals surface area contributed by atoms with Gasteiger partial charge in [0, 0.05) is 17.8 Å². The minimum Gasteiger partial charge on any atom is -0.332 e. The zero-order valence-corrected chi connectivity index (χ0v) is 10.5. The van der Waals surface area contributed by atoms with Crippen LogP contribution in [-0.2, 0) is 16.4 Å². The van der Waals surface area contributed by atoms with E-state index in [0.717, 1.165) is 11.1 Å². The van der Waals surface area contributed by atoms with E-state index in [4.69, 9.17) is 5.26 Å². The number of fused-ring (bicyclic) bond motifs is 1. The van der Waals surface area contributed by atoms with Crippen LogP contribution < -0.4 is 0 Å². The Bertz CT molecular complexity index is 721. The quantitative estimate of drug-likeness (QED) is 0.815. The monoisotopic (exact) mass is 248 g/mol. The highest BCUT2D eigenvalue weighted by molar-refractivity contribution is 7.91. The van der Waals surface area contributed by atoms with Crippen molar-refractivity contribution in [2.24, 2.45) is 0 Å². The predicted molar refractivity (Wildman–Crippen MR) is 65.4 cm³/mol. The Hall–Kier alpha value is -1.80. The van der Waals surface area contributed by atoms with Gasteiger partial charge in [-0.15, -0.1) is 0 Å². The summed E-state index contributed by atoms with van der Waals surface area (Å²) in [6.45, 7) is 2.05. The number of para-hydroxylation sites is 1. The average Bonchev–Trinajstić information content (AvgIpc) is 2.59. The maximum atomic E-state index is 11.7. The van der Waals surface area contributed by atoms with Crippen molar-refractivity contribution in [3.05, 3.63) is 30.0 Å². The first-order valence-electron chi connectivity index (χ1n) is 5.10. The van der Waals surface area contributed by atoms with E-state index < -0.39 is 9.84 Å². The van der Waals surface area contributed by atoms with E-state index in [0.29, 0.717) is 5.39 Å². The molecule has 0 spiro atoms. The molecule has 17 heavy (non-hydrogen) atoms. The van der Waals surface area contributed by atoms with Gasteiger partial charge in [-0.05, 0) is 12.5 Å². The van der Waals surface area contributed by atoms with Crippen molar-refractivity contribution in [2.75, 3.05) is 6.26 Å². The van der Waals surface area contributed by atoms with Gasteiger partial charge in [0.25, 0.3) is 0 Å². The number of aryl methyl sites for hydroxylation is 1. The van der Waals surface area contributed by atoms with Crippen molar-refractivity contribution in [3.63, 3.8) is 0 Å². The third kappa shape index (κ3) is 1.92. The minimum absolute atomic E-state index is 0.150. The fraction of sp³-hybridized carbons (Fsp3) is 0.250. The number of hydrogen-bond acceptors (Lipinski definition) is 3. The van der Waals surface area contributed by atoms with Crippen LogP contribution in [0.25, 0.3) is 10.9 Å². The zero-order valence-electron chi connectivity index (χ0n) is 9.64. The van der Waals surface area contributed by atoms with E-state index in [1.165, 1.54) is 12.5 Å². The lowest BCUT2D eigenvalue weighted by Crippen LogP contribution is -1.96. The molecule has 0 saturated heterocycles. The summed E-state index contributed by atoms with van der Waals surface area (Å²) in [4.78, 5) is 0.284. The van der Waals surface area contributed by atoms with Crippen molar-refractivity contribution in [3.8, 4) is 6.07 Å². The van der Waals surface area contributed by atoms with E-state index in [1.54, 1.807) is 10.6 Å². The number of sulfone groups is 1. The fourth-order valence-corrected chi connectivity index (χ4v) is 2.89. The molecule has 1 aromatic carbocycles. The molecular formula is C12H12N2O2S. The first kappa shape index (κ1) is 11.7. The predicted octanol–water partition coefficient (Wildman–Crippen LogP) is 1.88. The summed E-state index contributed by atoms with van der Waals surface area (Å²) >= 11 is 0. The molecule has 0 bridgehead atoms. The lowest BCUT2D eigenvalue weighted by molar-refractivity contribution is 0.602. The van der Waals surface area contributed by atoms with E-state index in [2.05, 4.69) is 0 Å². The Morgan fingerprint density at radius 2 is 2.12 bits per heavy atom. The molecule has 1 aromatic heterocycles. The Morgan fingerprint density at radius 3 is 2.71 bits per heavy atom. The van der Waals surface area contributed by atoms with Crippen LogP contribution in [0.5, 0.6) is 0 Å². The summed E-state index contributed by atoms with van der Waals surface area (Å²) in [7, 11) is -3.27. The van der Waals surface area contributed by atoms with Crippen LogP contribution >= 0.6 is 0 Å². The molecule has 0 aliphatic carbocycles. The number of nitriles is 1. The molecule has 1 heterocycles. The third-order valence-corrected chi connectivity index (χ3v) is 3.83. The van der Waals surface area contributed by atoms with Crippen molar-refractivity contribution < 1.29 is 8.42 Å². The molecule has 0 fully saturated rings. The highest BCUT2D eigenvalue weighted by Gasteiger charge is 2.17. The smallest absolute Gasteiger partial charge is 0.177 e. The highest BCUT2D eigenvalue weighted by Crippen LogP contribution is 2.27. The Morgan fingerprint density at radius 1 is 1.41 bits per heavy atom. The van der Waals surface area contributed by atoms with Crippen LogP contribution in [0, 0.1) is 18.3 Å². The van der Waals surface area contributed by atoms with Crippen LogP contribution in [0.2, 0.25) is 0 Å². The van der Waals surface area contributed by atoms with E-state index in [-0.39, 0.29) is 11.4 Å². The summed E-state index contributed by atoms with van der Waals surface area (Å²) in [5.74, 6) is 0. The van der Waals surface area contributed by atoms with Gasteiger partial charge in [-0.3, -0.25) is 0 Å². The number of benzene rings is 1. The molecule has 0 amide bonds. The van der Waals surface area contributed by atoms with E-state index >= 15 is 0 Å². The van der Waals surface area contributed by atoms with Crippen molar-refractivity contribution >= 4 is 20.7 Å². The normalized spacial score (nSPS) is 11.6. The van der Waals surface area contributed by atoms with Crippen LogP contribution in [-0.4, -0.2) is 19.2 Å². The molecule has 88 valence electrons. The number of aromatic nitrogens is 1. The van der Waals surface area contributed by atoms with E-state index in [9.17, 15) is 8.42 Å². The van der Waals surface area contributed by atoms with Crippen molar-refractivity contribution in [1.82, 2.24) is 4.57 Å². The van der Waals surface area contributed by atoms with Gasteiger partial charge in [0.1, 0.15) is 6.54 Å². The van der Waals surface area contributed by atoms with Gasteiger partial charge in [0.05, 0.1) is 16.5 Å². The topological polar surface area (TPSA) is 62.9 Å². The SMILES string of the molecule is Cc1cccc2c(S(C)(=O)=O)cn(CC#N)c12. The number of nitrogens with zero attached hydrogens (tertiary/aromatic N) is 2. The Kier molecular flexibility index (Phi) is 2.68. The molecule has 0 aliphatic rings. The molecule has 2 aromatic rings. The second kappa shape index (κ2) is 3.90. The van der Waals surface area contributed by atoms with Gasteiger partial charge in [-0.2, -0.15) is 5.26 Å². The maximum absolute atomic E-state index is 11.7. The third-order valence-electron chi connectivity index (χ3n) is 2.70. The standard InChI is InChI=1S/C12H12N2O2S/c1-9-4-3-5-10-11(17(2,15)16)8-14(7-6-13)12(9)10/h3-5,8H,7H2,1-2H3. The second-order valence-corrected chi connectivity index (χ2v) is 6.01. The molecule has 5 heteroatoms. The largest absolute Gasteiger partial charge is 0.332 e. The lowest BCUT2D eigenvalue weighted by atomic mass is 10.2. The Balaban J connectivity index is 2.91. The number of hydrogen-bond donors (Lipinski definition) is 0. The second-order valence-electron chi connectivity index (χ2n) is 4.02. The molecule has 0 atom stereocenters. The summed E-state index contributed by atoms with van der Waals surface area (Å²) < 4.78 is 25.0. The molecule has 0 N–H and O–H groups in total. The van der Waals surface area contributed by atoms with Gasteiger partial charge < -0.3 is 4.57 Å². The first-order chi connectivity index (χ1) is 7.95. The Labute approximate surface area is 100 Å². The summed E-state index contributed by atoms with van der Waals surface area (Å²) in [5, 5.41) is 9.44. The van der Waals surface area contributed by atoms with E-state index in [1.807, 2.05) is 25.1 Å². The van der Waals surface area contributed by atoms with Gasteiger partial charge in [0.15, 0.2) is 9.84 Å². The maximum Gasteiger partial charge on any atom is 0.177 e. The summed E-state index contributed by atoms with van der Waals surface area (Å²) in [6, 6.07) is 7.53. The van der Waals surface area contributed by atoms with Gasteiger partial charge >= 0.3 is 0 Å². The van der Waals surface area contributed by atoms with Gasteiger partial charge in [0.2, 0.25) is 0 Å². The highest BCUT2D eigenvalue weighted by atomic mass is 32.2. The molecule has 0 saturated carbocycles. The van der Waals surface area contributed by atoms with Crippen LogP contribution in [0.15, 0.2) is 29.3 Å². The molecular weight excluding hydrogens is 236 g/mol.